The number of benzene rings is 1. The Kier molecular flexibility index (Phi) is 4.51. The maximum Gasteiger partial charge on any atom is 0.221 e. The molecule has 1 aromatic rings. The number of nitrogens with two attached hydrogens (primary N) is 1. The van der Waals surface area contributed by atoms with Crippen LogP contribution in [0, 0.1) is 0 Å². The van der Waals surface area contributed by atoms with Crippen LogP contribution >= 0.6 is 0 Å². The van der Waals surface area contributed by atoms with Gasteiger partial charge in [-0.25, -0.2) is 8.42 Å². The Morgan fingerprint density at radius 3 is 2.71 bits per heavy atom. The van der Waals surface area contributed by atoms with Crippen LogP contribution in [0.2, 0.25) is 0 Å². The third-order valence-corrected chi connectivity index (χ3v) is 3.90. The second-order valence-electron chi connectivity index (χ2n) is 3.59. The summed E-state index contributed by atoms with van der Waals surface area (Å²) in [7, 11) is -3.44. The fourth-order valence-electron chi connectivity index (χ4n) is 1.34. The molecule has 0 atom stereocenters. The van der Waals surface area contributed by atoms with Crippen molar-refractivity contribution >= 4 is 21.4 Å². The minimum atomic E-state index is -3.44. The number of hydrogen-bond acceptors (Lipinski definition) is 4. The number of nitrogens with one attached hydrogen (secondary N) is 1. The molecule has 0 saturated carbocycles. The first kappa shape index (κ1) is 13.5. The van der Waals surface area contributed by atoms with Crippen molar-refractivity contribution in [3.8, 4) is 0 Å². The van der Waals surface area contributed by atoms with E-state index in [1.54, 1.807) is 19.1 Å². The Labute approximate surface area is 101 Å². The van der Waals surface area contributed by atoms with Gasteiger partial charge in [-0.3, -0.25) is 4.79 Å². The fraction of sp³-hybridized carbons (Fsp3) is 0.364. The van der Waals surface area contributed by atoms with Crippen LogP contribution in [0.15, 0.2) is 29.2 Å². The van der Waals surface area contributed by atoms with Gasteiger partial charge in [-0.05, 0) is 25.1 Å². The Bertz CT molecular complexity index is 497. The Balaban J connectivity index is 2.73. The van der Waals surface area contributed by atoms with E-state index < -0.39 is 9.84 Å². The van der Waals surface area contributed by atoms with E-state index >= 15 is 0 Å². The minimum Gasteiger partial charge on any atom is -0.399 e. The molecule has 0 heterocycles. The van der Waals surface area contributed by atoms with Gasteiger partial charge >= 0.3 is 0 Å². The van der Waals surface area contributed by atoms with Crippen LogP contribution < -0.4 is 11.1 Å². The van der Waals surface area contributed by atoms with E-state index in [-0.39, 0.29) is 23.0 Å². The largest absolute Gasteiger partial charge is 0.399 e. The summed E-state index contributed by atoms with van der Waals surface area (Å²) in [5.74, 6) is -0.470. The zero-order valence-electron chi connectivity index (χ0n) is 9.64. The predicted octanol–water partition coefficient (Wildman–Crippen LogP) is 0.569. The van der Waals surface area contributed by atoms with Gasteiger partial charge in [-0.2, -0.15) is 0 Å². The first-order valence-corrected chi connectivity index (χ1v) is 6.96. The lowest BCUT2D eigenvalue weighted by atomic mass is 10.3. The number of carbonyl (C=O) groups excluding carboxylic acids is 1. The summed E-state index contributed by atoms with van der Waals surface area (Å²) >= 11 is 0. The number of anilines is 1. The van der Waals surface area contributed by atoms with Crippen LogP contribution in [0.5, 0.6) is 0 Å². The van der Waals surface area contributed by atoms with Crippen molar-refractivity contribution in [3.05, 3.63) is 24.3 Å². The van der Waals surface area contributed by atoms with Crippen LogP contribution in [-0.4, -0.2) is 26.6 Å². The number of nitrogen functional groups attached to an aromatic ring is 1. The molecule has 5 nitrogen and oxygen atoms in total. The van der Waals surface area contributed by atoms with Crippen LogP contribution in [0.1, 0.15) is 13.3 Å². The van der Waals surface area contributed by atoms with Crippen molar-refractivity contribution in [2.45, 2.75) is 18.2 Å². The molecule has 1 amide bonds. The number of sulfone groups is 1. The molecule has 94 valence electrons. The SMILES string of the molecule is CCNC(=O)CCS(=O)(=O)c1cccc(N)c1. The van der Waals surface area contributed by atoms with Crippen molar-refractivity contribution in [2.75, 3.05) is 18.0 Å². The molecule has 0 saturated heterocycles. The van der Waals surface area contributed by atoms with Crippen molar-refractivity contribution in [2.24, 2.45) is 0 Å². The van der Waals surface area contributed by atoms with Gasteiger partial charge in [0.05, 0.1) is 10.6 Å². The lowest BCUT2D eigenvalue weighted by Gasteiger charge is -2.05. The van der Waals surface area contributed by atoms with Crippen molar-refractivity contribution in [1.82, 2.24) is 5.32 Å². The van der Waals surface area contributed by atoms with Crippen LogP contribution in [0.25, 0.3) is 0 Å². The van der Waals surface area contributed by atoms with Crippen LogP contribution in [-0.2, 0) is 14.6 Å². The second-order valence-corrected chi connectivity index (χ2v) is 5.70. The van der Waals surface area contributed by atoms with E-state index in [2.05, 4.69) is 5.32 Å². The summed E-state index contributed by atoms with van der Waals surface area (Å²) in [6, 6.07) is 6.06. The molecule has 0 aliphatic heterocycles. The Morgan fingerprint density at radius 1 is 1.41 bits per heavy atom. The van der Waals surface area contributed by atoms with Gasteiger partial charge in [0.25, 0.3) is 0 Å². The van der Waals surface area contributed by atoms with Gasteiger partial charge in [0.15, 0.2) is 9.84 Å². The quantitative estimate of drug-likeness (QED) is 0.754. The number of amides is 1. The smallest absolute Gasteiger partial charge is 0.221 e. The predicted molar refractivity (Wildman–Crippen MR) is 66.2 cm³/mol. The zero-order chi connectivity index (χ0) is 12.9. The highest BCUT2D eigenvalue weighted by Crippen LogP contribution is 2.15. The topological polar surface area (TPSA) is 89.3 Å². The molecule has 0 aliphatic rings. The summed E-state index contributed by atoms with van der Waals surface area (Å²) in [5, 5.41) is 2.55. The third-order valence-electron chi connectivity index (χ3n) is 2.19. The highest BCUT2D eigenvalue weighted by atomic mass is 32.2. The standard InChI is InChI=1S/C11H16N2O3S/c1-2-13-11(14)6-7-17(15,16)10-5-3-4-9(12)8-10/h3-5,8H,2,6-7,12H2,1H3,(H,13,14). The molecule has 0 aromatic heterocycles. The highest BCUT2D eigenvalue weighted by Gasteiger charge is 2.16. The van der Waals surface area contributed by atoms with Gasteiger partial charge in [0, 0.05) is 18.7 Å². The normalized spacial score (nSPS) is 11.1. The van der Waals surface area contributed by atoms with E-state index in [1.165, 1.54) is 12.1 Å². The average Bonchev–Trinajstić information content (AvgIpc) is 2.27. The lowest BCUT2D eigenvalue weighted by molar-refractivity contribution is -0.120. The van der Waals surface area contributed by atoms with Gasteiger partial charge in [0.2, 0.25) is 5.91 Å². The third kappa shape index (κ3) is 4.07. The van der Waals surface area contributed by atoms with Crippen molar-refractivity contribution in [3.63, 3.8) is 0 Å². The van der Waals surface area contributed by atoms with Crippen LogP contribution in [0.3, 0.4) is 0 Å². The van der Waals surface area contributed by atoms with E-state index in [0.29, 0.717) is 12.2 Å². The second kappa shape index (κ2) is 5.67. The van der Waals surface area contributed by atoms with E-state index in [1.807, 2.05) is 0 Å². The molecule has 0 radical (unpaired) electrons. The summed E-state index contributed by atoms with van der Waals surface area (Å²) in [6.07, 6.45) is -0.0367. The van der Waals surface area contributed by atoms with Crippen LogP contribution in [0.4, 0.5) is 5.69 Å². The summed E-state index contributed by atoms with van der Waals surface area (Å²) in [4.78, 5) is 11.3. The lowest BCUT2D eigenvalue weighted by Crippen LogP contribution is -2.25. The maximum absolute atomic E-state index is 11.9. The molecule has 3 N–H and O–H groups in total. The van der Waals surface area contributed by atoms with Gasteiger partial charge in [-0.1, -0.05) is 6.07 Å². The molecule has 1 aromatic carbocycles. The zero-order valence-corrected chi connectivity index (χ0v) is 10.5. The molecule has 0 bridgehead atoms. The average molecular weight is 256 g/mol. The highest BCUT2D eigenvalue weighted by molar-refractivity contribution is 7.91. The Hall–Kier alpha value is -1.56. The molecule has 6 heteroatoms. The van der Waals surface area contributed by atoms with E-state index in [4.69, 9.17) is 5.73 Å². The molecular weight excluding hydrogens is 240 g/mol. The van der Waals surface area contributed by atoms with Crippen molar-refractivity contribution in [1.29, 1.82) is 0 Å². The molecule has 17 heavy (non-hydrogen) atoms. The van der Waals surface area contributed by atoms with E-state index in [9.17, 15) is 13.2 Å². The summed E-state index contributed by atoms with van der Waals surface area (Å²) in [5.41, 5.74) is 5.91. The molecule has 0 aliphatic carbocycles. The summed E-state index contributed by atoms with van der Waals surface area (Å²) in [6.45, 7) is 2.28. The number of hydrogen-bond donors (Lipinski definition) is 2. The van der Waals surface area contributed by atoms with Crippen molar-refractivity contribution < 1.29 is 13.2 Å². The van der Waals surface area contributed by atoms with Gasteiger partial charge in [0.1, 0.15) is 0 Å². The number of rotatable bonds is 5. The molecular formula is C11H16N2O3S. The molecule has 1 rings (SSSR count). The molecule has 0 spiro atoms. The number of carbonyl (C=O) groups is 1. The van der Waals surface area contributed by atoms with Gasteiger partial charge < -0.3 is 11.1 Å². The first-order chi connectivity index (χ1) is 7.95. The minimum absolute atomic E-state index is 0.0367. The van der Waals surface area contributed by atoms with Gasteiger partial charge in [-0.15, -0.1) is 0 Å². The Morgan fingerprint density at radius 2 is 2.12 bits per heavy atom. The summed E-state index contributed by atoms with van der Waals surface area (Å²) < 4.78 is 23.7. The first-order valence-electron chi connectivity index (χ1n) is 5.30. The molecule has 0 unspecified atom stereocenters. The molecule has 0 fully saturated rings. The fourth-order valence-corrected chi connectivity index (χ4v) is 2.63. The maximum atomic E-state index is 11.9. The van der Waals surface area contributed by atoms with E-state index in [0.717, 1.165) is 0 Å². The monoisotopic (exact) mass is 256 g/mol.